The molecule has 1 aliphatic carbocycles. The van der Waals surface area contributed by atoms with Crippen LogP contribution >= 0.6 is 0 Å². The Kier molecular flexibility index (Phi) is 14.0. The molecule has 0 aromatic heterocycles. The lowest BCUT2D eigenvalue weighted by atomic mass is 9.93. The van der Waals surface area contributed by atoms with E-state index in [9.17, 15) is 9.59 Å². The van der Waals surface area contributed by atoms with E-state index in [1.54, 1.807) is 58.8 Å². The number of rotatable bonds is 20. The quantitative estimate of drug-likeness (QED) is 0.206. The van der Waals surface area contributed by atoms with Gasteiger partial charge >= 0.3 is 0 Å². The van der Waals surface area contributed by atoms with Gasteiger partial charge in [-0.2, -0.15) is 0 Å². The Morgan fingerprint density at radius 1 is 0.723 bits per heavy atom. The molecule has 1 saturated heterocycles. The Labute approximate surface area is 279 Å². The molecule has 2 aromatic rings. The second kappa shape index (κ2) is 18.1. The first-order valence-corrected chi connectivity index (χ1v) is 16.7. The van der Waals surface area contributed by atoms with Crippen molar-refractivity contribution >= 4 is 11.8 Å². The van der Waals surface area contributed by atoms with Crippen molar-refractivity contribution in [1.82, 2.24) is 15.1 Å². The molecule has 1 saturated carbocycles. The number of methoxy groups -OCH3 is 4. The molecule has 2 amide bonds. The maximum Gasteiger partial charge on any atom is 0.254 e. The Balaban J connectivity index is 1.46. The minimum absolute atomic E-state index is 0.00408. The number of ether oxygens (including phenoxy) is 6. The van der Waals surface area contributed by atoms with Crippen molar-refractivity contribution in [2.45, 2.75) is 51.6 Å². The summed E-state index contributed by atoms with van der Waals surface area (Å²) in [6, 6.07) is 11.0. The summed E-state index contributed by atoms with van der Waals surface area (Å²) in [6.07, 6.45) is 3.46. The molecule has 4 rings (SSSR count). The molecular weight excluding hydrogens is 602 g/mol. The summed E-state index contributed by atoms with van der Waals surface area (Å²) in [5, 5.41) is 3.53. The summed E-state index contributed by atoms with van der Waals surface area (Å²) in [4.78, 5) is 31.9. The molecule has 11 nitrogen and oxygen atoms in total. The van der Waals surface area contributed by atoms with Gasteiger partial charge in [-0.1, -0.05) is 0 Å². The Bertz CT molecular complexity index is 1210. The van der Waals surface area contributed by atoms with Crippen LogP contribution in [0.5, 0.6) is 23.0 Å². The molecule has 1 N–H and O–H groups in total. The molecule has 47 heavy (non-hydrogen) atoms. The molecule has 0 bridgehead atoms. The lowest BCUT2D eigenvalue weighted by molar-refractivity contribution is 0.0613. The van der Waals surface area contributed by atoms with Crippen LogP contribution in [0.4, 0.5) is 0 Å². The minimum atomic E-state index is -0.0542. The summed E-state index contributed by atoms with van der Waals surface area (Å²) in [6.45, 7) is 8.98. The normalized spacial score (nSPS) is 17.4. The van der Waals surface area contributed by atoms with Crippen LogP contribution in [0.2, 0.25) is 0 Å². The lowest BCUT2D eigenvalue weighted by Gasteiger charge is -2.34. The SMILES string of the molecule is COCCCOc1cc(C(=O)N(CC2CNCC2CN(C(=O)c2ccc(OC)c(OCCCOC)c2)C2CC2)C(C)C)ccc1OC. The van der Waals surface area contributed by atoms with Gasteiger partial charge in [-0.3, -0.25) is 9.59 Å². The van der Waals surface area contributed by atoms with Crippen LogP contribution in [-0.2, 0) is 9.47 Å². The van der Waals surface area contributed by atoms with Gasteiger partial charge in [-0.05, 0) is 74.9 Å². The number of carbonyl (C=O) groups excluding carboxylic acids is 2. The van der Waals surface area contributed by atoms with Crippen LogP contribution in [-0.4, -0.2) is 115 Å². The average molecular weight is 656 g/mol. The number of carbonyl (C=O) groups is 2. The second-order valence-electron chi connectivity index (χ2n) is 12.5. The highest BCUT2D eigenvalue weighted by Gasteiger charge is 2.39. The van der Waals surface area contributed by atoms with E-state index < -0.39 is 0 Å². The first-order chi connectivity index (χ1) is 22.8. The van der Waals surface area contributed by atoms with E-state index in [1.807, 2.05) is 29.7 Å². The molecule has 260 valence electrons. The van der Waals surface area contributed by atoms with E-state index in [1.165, 1.54) is 0 Å². The van der Waals surface area contributed by atoms with Crippen molar-refractivity contribution in [1.29, 1.82) is 0 Å². The van der Waals surface area contributed by atoms with Crippen molar-refractivity contribution in [3.63, 3.8) is 0 Å². The van der Waals surface area contributed by atoms with Crippen LogP contribution in [0.1, 0.15) is 60.2 Å². The smallest absolute Gasteiger partial charge is 0.254 e. The van der Waals surface area contributed by atoms with Gasteiger partial charge in [0.2, 0.25) is 0 Å². The van der Waals surface area contributed by atoms with Crippen LogP contribution in [0.15, 0.2) is 36.4 Å². The van der Waals surface area contributed by atoms with E-state index in [2.05, 4.69) is 5.32 Å². The largest absolute Gasteiger partial charge is 0.493 e. The standard InChI is InChI=1S/C36H53N3O8/c1-25(2)38(35(40)26-9-13-31(44-5)33(19-26)46-17-7-15-42-3)23-28-21-37-22-29(28)24-39(30-11-12-30)36(41)27-10-14-32(45-6)34(20-27)47-18-8-16-43-4/h9-10,13-14,19-20,25,28-30,37H,7-8,11-12,15-18,21-24H2,1-6H3. The predicted molar refractivity (Wildman–Crippen MR) is 180 cm³/mol. The average Bonchev–Trinajstić information content (AvgIpc) is 3.83. The third kappa shape index (κ3) is 9.98. The summed E-state index contributed by atoms with van der Waals surface area (Å²) in [5.41, 5.74) is 1.14. The number of nitrogens with zero attached hydrogens (tertiary/aromatic N) is 2. The minimum Gasteiger partial charge on any atom is -0.493 e. The summed E-state index contributed by atoms with van der Waals surface area (Å²) >= 11 is 0. The van der Waals surface area contributed by atoms with Crippen molar-refractivity contribution in [2.75, 3.05) is 81.0 Å². The van der Waals surface area contributed by atoms with Crippen molar-refractivity contribution in [3.8, 4) is 23.0 Å². The first kappa shape index (κ1) is 36.3. The molecule has 2 aliphatic rings. The zero-order chi connectivity index (χ0) is 33.8. The number of hydrogen-bond acceptors (Lipinski definition) is 9. The van der Waals surface area contributed by atoms with Crippen molar-refractivity contribution in [2.24, 2.45) is 11.8 Å². The van der Waals surface area contributed by atoms with E-state index in [0.717, 1.165) is 38.8 Å². The van der Waals surface area contributed by atoms with Crippen molar-refractivity contribution in [3.05, 3.63) is 47.5 Å². The second-order valence-corrected chi connectivity index (χ2v) is 12.5. The third-order valence-electron chi connectivity index (χ3n) is 8.80. The van der Waals surface area contributed by atoms with Crippen LogP contribution < -0.4 is 24.3 Å². The zero-order valence-electron chi connectivity index (χ0n) is 28.9. The fraction of sp³-hybridized carbons (Fsp3) is 0.611. The van der Waals surface area contributed by atoms with Gasteiger partial charge < -0.3 is 43.5 Å². The van der Waals surface area contributed by atoms with Crippen LogP contribution in [0.3, 0.4) is 0 Å². The number of hydrogen-bond donors (Lipinski definition) is 1. The fourth-order valence-corrected chi connectivity index (χ4v) is 5.98. The van der Waals surface area contributed by atoms with Gasteiger partial charge in [0.15, 0.2) is 23.0 Å². The monoisotopic (exact) mass is 655 g/mol. The molecule has 2 fully saturated rings. The van der Waals surface area contributed by atoms with Gasteiger partial charge in [0.25, 0.3) is 11.8 Å². The lowest BCUT2D eigenvalue weighted by Crippen LogP contribution is -2.45. The third-order valence-corrected chi connectivity index (χ3v) is 8.80. The van der Waals surface area contributed by atoms with E-state index in [0.29, 0.717) is 73.6 Å². The van der Waals surface area contributed by atoms with Gasteiger partial charge in [-0.15, -0.1) is 0 Å². The zero-order valence-corrected chi connectivity index (χ0v) is 28.9. The van der Waals surface area contributed by atoms with E-state index >= 15 is 0 Å². The van der Waals surface area contributed by atoms with Gasteiger partial charge in [-0.25, -0.2) is 0 Å². The molecule has 1 aliphatic heterocycles. The van der Waals surface area contributed by atoms with E-state index in [-0.39, 0.29) is 35.7 Å². The Morgan fingerprint density at radius 3 is 1.70 bits per heavy atom. The number of benzene rings is 2. The highest BCUT2D eigenvalue weighted by molar-refractivity contribution is 5.96. The summed E-state index contributed by atoms with van der Waals surface area (Å²) < 4.78 is 33.1. The van der Waals surface area contributed by atoms with Gasteiger partial charge in [0.05, 0.1) is 27.4 Å². The van der Waals surface area contributed by atoms with Gasteiger partial charge in [0, 0.05) is 89.7 Å². The Morgan fingerprint density at radius 2 is 1.23 bits per heavy atom. The summed E-state index contributed by atoms with van der Waals surface area (Å²) in [7, 11) is 6.51. The highest BCUT2D eigenvalue weighted by atomic mass is 16.5. The van der Waals surface area contributed by atoms with Gasteiger partial charge in [0.1, 0.15) is 0 Å². The number of nitrogens with one attached hydrogen (secondary N) is 1. The summed E-state index contributed by atoms with van der Waals surface area (Å²) in [5.74, 6) is 2.61. The fourth-order valence-electron chi connectivity index (χ4n) is 5.98. The maximum atomic E-state index is 14.0. The topological polar surface area (TPSA) is 108 Å². The molecule has 0 radical (unpaired) electrons. The molecule has 2 aromatic carbocycles. The number of amides is 2. The molecular formula is C36H53N3O8. The molecule has 1 heterocycles. The molecule has 11 heteroatoms. The molecule has 2 atom stereocenters. The maximum absolute atomic E-state index is 14.0. The van der Waals surface area contributed by atoms with Crippen LogP contribution in [0, 0.1) is 11.8 Å². The van der Waals surface area contributed by atoms with Crippen molar-refractivity contribution < 1.29 is 38.0 Å². The van der Waals surface area contributed by atoms with Crippen LogP contribution in [0.25, 0.3) is 0 Å². The Hall–Kier alpha value is -3.54. The molecule has 0 spiro atoms. The predicted octanol–water partition coefficient (Wildman–Crippen LogP) is 4.53. The van der Waals surface area contributed by atoms with E-state index in [4.69, 9.17) is 28.4 Å². The molecule has 2 unspecified atom stereocenters. The highest BCUT2D eigenvalue weighted by Crippen LogP contribution is 2.34. The first-order valence-electron chi connectivity index (χ1n) is 16.7.